The van der Waals surface area contributed by atoms with Crippen LogP contribution in [0.25, 0.3) is 0 Å². The first-order valence-corrected chi connectivity index (χ1v) is 10.6. The molecular formula is C18H14Cl2F3NO5S. The smallest absolute Gasteiger partial charge is 0.416 e. The number of amides is 1. The quantitative estimate of drug-likeness (QED) is 0.591. The standard InChI is InChI=1S/C18H14Cl2F3NO5S/c19-12-4-5-14(20)15(9-12)30(27,28)7-6-17(26)29-10-16(25)24-13-3-1-2-11(8-13)18(21,22)23/h1-5,8-9H,6-7,10H2,(H,24,25). The summed E-state index contributed by atoms with van der Waals surface area (Å²) in [6.45, 7) is -0.799. The van der Waals surface area contributed by atoms with Gasteiger partial charge < -0.3 is 10.1 Å². The Bertz CT molecular complexity index is 1060. The van der Waals surface area contributed by atoms with Gasteiger partial charge in [0.25, 0.3) is 5.91 Å². The number of hydrogen-bond donors (Lipinski definition) is 1. The molecule has 162 valence electrons. The maximum Gasteiger partial charge on any atom is 0.416 e. The molecular weight excluding hydrogens is 470 g/mol. The zero-order valence-corrected chi connectivity index (χ0v) is 17.3. The average Bonchev–Trinajstić information content (AvgIpc) is 2.66. The van der Waals surface area contributed by atoms with E-state index in [1.165, 1.54) is 18.2 Å². The highest BCUT2D eigenvalue weighted by atomic mass is 35.5. The van der Waals surface area contributed by atoms with Gasteiger partial charge in [-0.3, -0.25) is 9.59 Å². The van der Waals surface area contributed by atoms with E-state index < -0.39 is 52.2 Å². The summed E-state index contributed by atoms with van der Waals surface area (Å²) in [5.41, 5.74) is -1.09. The number of ether oxygens (including phenoxy) is 1. The van der Waals surface area contributed by atoms with Crippen molar-refractivity contribution in [3.63, 3.8) is 0 Å². The van der Waals surface area contributed by atoms with Crippen molar-refractivity contribution in [1.82, 2.24) is 0 Å². The number of nitrogens with one attached hydrogen (secondary N) is 1. The number of benzene rings is 2. The van der Waals surface area contributed by atoms with E-state index in [9.17, 15) is 31.2 Å². The number of halogens is 5. The lowest BCUT2D eigenvalue weighted by Gasteiger charge is -2.10. The van der Waals surface area contributed by atoms with Gasteiger partial charge in [0.15, 0.2) is 16.4 Å². The molecule has 0 unspecified atom stereocenters. The molecule has 0 aromatic heterocycles. The summed E-state index contributed by atoms with van der Waals surface area (Å²) >= 11 is 11.6. The Morgan fingerprint density at radius 2 is 1.77 bits per heavy atom. The second kappa shape index (κ2) is 9.67. The Hall–Kier alpha value is -2.30. The minimum absolute atomic E-state index is 0.0618. The first-order valence-electron chi connectivity index (χ1n) is 8.19. The van der Waals surface area contributed by atoms with E-state index in [1.54, 1.807) is 0 Å². The molecule has 0 heterocycles. The molecule has 2 rings (SSSR count). The molecule has 0 aliphatic rings. The molecule has 0 aliphatic carbocycles. The van der Waals surface area contributed by atoms with Gasteiger partial charge in [-0.1, -0.05) is 29.3 Å². The van der Waals surface area contributed by atoms with Crippen molar-refractivity contribution in [2.75, 3.05) is 17.7 Å². The van der Waals surface area contributed by atoms with E-state index >= 15 is 0 Å². The fourth-order valence-electron chi connectivity index (χ4n) is 2.23. The predicted molar refractivity (Wildman–Crippen MR) is 104 cm³/mol. The van der Waals surface area contributed by atoms with Crippen molar-refractivity contribution in [3.8, 4) is 0 Å². The molecule has 2 aromatic carbocycles. The van der Waals surface area contributed by atoms with Crippen LogP contribution in [0.5, 0.6) is 0 Å². The lowest BCUT2D eigenvalue weighted by Crippen LogP contribution is -2.22. The van der Waals surface area contributed by atoms with Crippen LogP contribution in [0.3, 0.4) is 0 Å². The summed E-state index contributed by atoms with van der Waals surface area (Å²) in [6, 6.07) is 7.75. The number of carbonyl (C=O) groups is 2. The number of carbonyl (C=O) groups excluding carboxylic acids is 2. The van der Waals surface area contributed by atoms with E-state index in [1.807, 2.05) is 0 Å². The number of alkyl halides is 3. The van der Waals surface area contributed by atoms with Gasteiger partial charge in [0.05, 0.1) is 27.7 Å². The molecule has 1 N–H and O–H groups in total. The minimum Gasteiger partial charge on any atom is -0.456 e. The SMILES string of the molecule is O=C(COC(=O)CCS(=O)(=O)c1cc(Cl)ccc1Cl)Nc1cccc(C(F)(F)F)c1. The average molecular weight is 484 g/mol. The number of sulfone groups is 1. The lowest BCUT2D eigenvalue weighted by molar-refractivity contribution is -0.146. The summed E-state index contributed by atoms with van der Waals surface area (Å²) in [4.78, 5) is 23.3. The molecule has 0 radical (unpaired) electrons. The molecule has 0 fully saturated rings. The van der Waals surface area contributed by atoms with Crippen LogP contribution in [-0.2, 0) is 30.3 Å². The topological polar surface area (TPSA) is 89.5 Å². The third kappa shape index (κ3) is 6.89. The third-order valence-electron chi connectivity index (χ3n) is 3.64. The molecule has 0 saturated carbocycles. The highest BCUT2D eigenvalue weighted by molar-refractivity contribution is 7.91. The first-order chi connectivity index (χ1) is 13.9. The van der Waals surface area contributed by atoms with Crippen LogP contribution in [0, 0.1) is 0 Å². The monoisotopic (exact) mass is 483 g/mol. The van der Waals surface area contributed by atoms with Gasteiger partial charge in [-0.2, -0.15) is 13.2 Å². The van der Waals surface area contributed by atoms with Gasteiger partial charge in [0, 0.05) is 10.7 Å². The fourth-order valence-corrected chi connectivity index (χ4v) is 4.27. The number of anilines is 1. The van der Waals surface area contributed by atoms with Gasteiger partial charge in [-0.15, -0.1) is 0 Å². The Kier molecular flexibility index (Phi) is 7.73. The summed E-state index contributed by atoms with van der Waals surface area (Å²) in [6.07, 6.45) is -5.15. The summed E-state index contributed by atoms with van der Waals surface area (Å²) < 4.78 is 67.2. The summed E-state index contributed by atoms with van der Waals surface area (Å²) in [7, 11) is -3.94. The van der Waals surface area contributed by atoms with Crippen molar-refractivity contribution in [1.29, 1.82) is 0 Å². The van der Waals surface area contributed by atoms with E-state index in [0.29, 0.717) is 0 Å². The molecule has 12 heteroatoms. The molecule has 6 nitrogen and oxygen atoms in total. The fraction of sp³-hybridized carbons (Fsp3) is 0.222. The van der Waals surface area contributed by atoms with Crippen molar-refractivity contribution < 1.29 is 35.9 Å². The first kappa shape index (κ1) is 24.0. The Morgan fingerprint density at radius 1 is 1.07 bits per heavy atom. The second-order valence-corrected chi connectivity index (χ2v) is 8.85. The molecule has 0 saturated heterocycles. The molecule has 2 aromatic rings. The molecule has 30 heavy (non-hydrogen) atoms. The highest BCUT2D eigenvalue weighted by Crippen LogP contribution is 2.30. The van der Waals surface area contributed by atoms with E-state index in [0.717, 1.165) is 24.3 Å². The normalized spacial score (nSPS) is 11.8. The maximum absolute atomic E-state index is 12.7. The molecule has 1 amide bonds. The summed E-state index contributed by atoms with van der Waals surface area (Å²) in [5, 5.41) is 2.24. The minimum atomic E-state index is -4.58. The highest BCUT2D eigenvalue weighted by Gasteiger charge is 2.30. The summed E-state index contributed by atoms with van der Waals surface area (Å²) in [5.74, 6) is -2.51. The van der Waals surface area contributed by atoms with Crippen LogP contribution in [0.4, 0.5) is 18.9 Å². The number of hydrogen-bond acceptors (Lipinski definition) is 5. The van der Waals surface area contributed by atoms with Gasteiger partial charge in [-0.25, -0.2) is 8.42 Å². The van der Waals surface area contributed by atoms with Gasteiger partial charge in [0.2, 0.25) is 0 Å². The van der Waals surface area contributed by atoms with Gasteiger partial charge >= 0.3 is 12.1 Å². The zero-order chi connectivity index (χ0) is 22.5. The van der Waals surface area contributed by atoms with Crippen molar-refractivity contribution >= 4 is 50.6 Å². The molecule has 0 aliphatic heterocycles. The van der Waals surface area contributed by atoms with E-state index in [2.05, 4.69) is 10.1 Å². The van der Waals surface area contributed by atoms with E-state index in [-0.39, 0.29) is 20.6 Å². The van der Waals surface area contributed by atoms with Crippen molar-refractivity contribution in [3.05, 3.63) is 58.1 Å². The molecule has 0 bridgehead atoms. The predicted octanol–water partition coefficient (Wildman–Crippen LogP) is 4.36. The van der Waals surface area contributed by atoms with Gasteiger partial charge in [-0.05, 0) is 36.4 Å². The maximum atomic E-state index is 12.7. The second-order valence-electron chi connectivity index (χ2n) is 5.93. The van der Waals surface area contributed by atoms with Crippen LogP contribution in [0.2, 0.25) is 10.0 Å². The Morgan fingerprint density at radius 3 is 2.43 bits per heavy atom. The molecule has 0 atom stereocenters. The van der Waals surface area contributed by atoms with Crippen LogP contribution in [0.15, 0.2) is 47.4 Å². The van der Waals surface area contributed by atoms with Gasteiger partial charge in [0.1, 0.15) is 0 Å². The Balaban J connectivity index is 1.87. The van der Waals surface area contributed by atoms with Crippen LogP contribution >= 0.6 is 23.2 Å². The van der Waals surface area contributed by atoms with Crippen LogP contribution in [0.1, 0.15) is 12.0 Å². The number of rotatable bonds is 7. The largest absolute Gasteiger partial charge is 0.456 e. The lowest BCUT2D eigenvalue weighted by atomic mass is 10.2. The number of esters is 1. The Labute approximate surface area is 179 Å². The zero-order valence-electron chi connectivity index (χ0n) is 15.0. The van der Waals surface area contributed by atoms with Crippen molar-refractivity contribution in [2.24, 2.45) is 0 Å². The third-order valence-corrected chi connectivity index (χ3v) is 6.07. The van der Waals surface area contributed by atoms with E-state index in [4.69, 9.17) is 23.2 Å². The van der Waals surface area contributed by atoms with Crippen LogP contribution in [-0.4, -0.2) is 32.7 Å². The van der Waals surface area contributed by atoms with Crippen molar-refractivity contribution in [2.45, 2.75) is 17.5 Å². The van der Waals surface area contributed by atoms with Crippen LogP contribution < -0.4 is 5.32 Å². The molecule has 0 spiro atoms.